The summed E-state index contributed by atoms with van der Waals surface area (Å²) in [6, 6.07) is 4.72. The van der Waals surface area contributed by atoms with Crippen molar-refractivity contribution in [1.29, 1.82) is 0 Å². The SMILES string of the molecule is NC(=O)c1ccc(C(=O)Nc2ccnn2CC2CCOC2)[nH]1. The van der Waals surface area contributed by atoms with E-state index in [4.69, 9.17) is 10.5 Å². The van der Waals surface area contributed by atoms with Gasteiger partial charge in [-0.15, -0.1) is 0 Å². The van der Waals surface area contributed by atoms with Crippen molar-refractivity contribution >= 4 is 17.6 Å². The van der Waals surface area contributed by atoms with Crippen molar-refractivity contribution in [2.45, 2.75) is 13.0 Å². The van der Waals surface area contributed by atoms with Gasteiger partial charge in [0.15, 0.2) is 0 Å². The number of hydrogen-bond acceptors (Lipinski definition) is 4. The summed E-state index contributed by atoms with van der Waals surface area (Å²) >= 11 is 0. The second kappa shape index (κ2) is 6.02. The summed E-state index contributed by atoms with van der Waals surface area (Å²) in [7, 11) is 0. The molecule has 2 aromatic rings. The Morgan fingerprint density at radius 3 is 2.91 bits per heavy atom. The van der Waals surface area contributed by atoms with E-state index in [-0.39, 0.29) is 17.3 Å². The Bertz CT molecular complexity index is 684. The molecule has 0 saturated carbocycles. The first-order valence-corrected chi connectivity index (χ1v) is 7.03. The second-order valence-corrected chi connectivity index (χ2v) is 5.23. The molecule has 2 amide bonds. The third-order valence-electron chi connectivity index (χ3n) is 3.61. The van der Waals surface area contributed by atoms with Crippen LogP contribution in [0.2, 0.25) is 0 Å². The number of aromatic amines is 1. The summed E-state index contributed by atoms with van der Waals surface area (Å²) in [6.07, 6.45) is 2.63. The van der Waals surface area contributed by atoms with Crippen molar-refractivity contribution in [1.82, 2.24) is 14.8 Å². The summed E-state index contributed by atoms with van der Waals surface area (Å²) in [6.45, 7) is 2.18. The summed E-state index contributed by atoms with van der Waals surface area (Å²) in [4.78, 5) is 25.9. The van der Waals surface area contributed by atoms with Gasteiger partial charge in [-0.05, 0) is 18.6 Å². The number of nitrogens with two attached hydrogens (primary N) is 1. The molecule has 0 bridgehead atoms. The molecule has 116 valence electrons. The number of amides is 2. The zero-order valence-electron chi connectivity index (χ0n) is 11.9. The molecule has 4 N–H and O–H groups in total. The van der Waals surface area contributed by atoms with Crippen LogP contribution in [0, 0.1) is 5.92 Å². The molecule has 1 aliphatic heterocycles. The number of H-pyrrole nitrogens is 1. The van der Waals surface area contributed by atoms with Crippen LogP contribution in [0.5, 0.6) is 0 Å². The number of nitrogens with zero attached hydrogens (tertiary/aromatic N) is 2. The lowest BCUT2D eigenvalue weighted by Gasteiger charge is -2.11. The van der Waals surface area contributed by atoms with Crippen LogP contribution in [0.3, 0.4) is 0 Å². The van der Waals surface area contributed by atoms with Crippen LogP contribution < -0.4 is 11.1 Å². The van der Waals surface area contributed by atoms with E-state index in [1.54, 1.807) is 16.9 Å². The molecule has 3 heterocycles. The molecular weight excluding hydrogens is 286 g/mol. The van der Waals surface area contributed by atoms with Crippen molar-refractivity contribution in [3.63, 3.8) is 0 Å². The molecule has 8 heteroatoms. The third-order valence-corrected chi connectivity index (χ3v) is 3.61. The first-order chi connectivity index (χ1) is 10.6. The van der Waals surface area contributed by atoms with E-state index in [0.717, 1.165) is 13.0 Å². The number of nitrogens with one attached hydrogen (secondary N) is 2. The molecule has 1 aliphatic rings. The lowest BCUT2D eigenvalue weighted by molar-refractivity contribution is 0.0996. The Morgan fingerprint density at radius 1 is 1.41 bits per heavy atom. The number of anilines is 1. The monoisotopic (exact) mass is 303 g/mol. The Balaban J connectivity index is 1.68. The molecule has 3 rings (SSSR count). The summed E-state index contributed by atoms with van der Waals surface area (Å²) in [5.41, 5.74) is 5.62. The van der Waals surface area contributed by atoms with Crippen molar-refractivity contribution in [3.8, 4) is 0 Å². The Kier molecular flexibility index (Phi) is 3.92. The van der Waals surface area contributed by atoms with Crippen molar-refractivity contribution in [3.05, 3.63) is 35.8 Å². The highest BCUT2D eigenvalue weighted by molar-refractivity contribution is 6.03. The molecule has 0 radical (unpaired) electrons. The first-order valence-electron chi connectivity index (χ1n) is 7.03. The normalized spacial score (nSPS) is 17.5. The van der Waals surface area contributed by atoms with Crippen molar-refractivity contribution < 1.29 is 14.3 Å². The van der Waals surface area contributed by atoms with Gasteiger partial charge in [-0.2, -0.15) is 5.10 Å². The number of primary amides is 1. The topological polar surface area (TPSA) is 115 Å². The average molecular weight is 303 g/mol. The van der Waals surface area contributed by atoms with E-state index in [1.807, 2.05) is 0 Å². The second-order valence-electron chi connectivity index (χ2n) is 5.23. The number of carbonyl (C=O) groups excluding carboxylic acids is 2. The van der Waals surface area contributed by atoms with Crippen LogP contribution in [0.1, 0.15) is 27.4 Å². The van der Waals surface area contributed by atoms with Crippen LogP contribution in [-0.4, -0.2) is 39.8 Å². The number of rotatable bonds is 5. The van der Waals surface area contributed by atoms with Gasteiger partial charge in [0.25, 0.3) is 11.8 Å². The van der Waals surface area contributed by atoms with Gasteiger partial charge in [0, 0.05) is 25.1 Å². The fraction of sp³-hybridized carbons (Fsp3) is 0.357. The van der Waals surface area contributed by atoms with E-state index < -0.39 is 5.91 Å². The van der Waals surface area contributed by atoms with Crippen LogP contribution in [0.15, 0.2) is 24.4 Å². The van der Waals surface area contributed by atoms with Gasteiger partial charge < -0.3 is 20.8 Å². The third kappa shape index (κ3) is 3.01. The Labute approximate surface area is 126 Å². The zero-order valence-corrected chi connectivity index (χ0v) is 11.9. The van der Waals surface area contributed by atoms with Gasteiger partial charge in [0.2, 0.25) is 0 Å². The number of hydrogen-bond donors (Lipinski definition) is 3. The molecule has 1 saturated heterocycles. The summed E-state index contributed by atoms with van der Waals surface area (Å²) in [5, 5.41) is 6.99. The molecular formula is C14H17N5O3. The maximum atomic E-state index is 12.2. The molecule has 0 spiro atoms. The number of ether oxygens (including phenoxy) is 1. The molecule has 22 heavy (non-hydrogen) atoms. The van der Waals surface area contributed by atoms with Crippen LogP contribution in [0.25, 0.3) is 0 Å². The van der Waals surface area contributed by atoms with E-state index in [9.17, 15) is 9.59 Å². The molecule has 1 atom stereocenters. The molecule has 1 unspecified atom stereocenters. The van der Waals surface area contributed by atoms with E-state index in [0.29, 0.717) is 24.9 Å². The van der Waals surface area contributed by atoms with Gasteiger partial charge in [0.1, 0.15) is 17.2 Å². The van der Waals surface area contributed by atoms with E-state index >= 15 is 0 Å². The highest BCUT2D eigenvalue weighted by Crippen LogP contribution is 2.17. The number of carbonyl (C=O) groups is 2. The quantitative estimate of drug-likeness (QED) is 0.750. The number of aromatic nitrogens is 3. The summed E-state index contributed by atoms with van der Waals surface area (Å²) in [5.74, 6) is 0.0527. The zero-order chi connectivity index (χ0) is 15.5. The lowest BCUT2D eigenvalue weighted by atomic mass is 10.1. The first kappa shape index (κ1) is 14.3. The smallest absolute Gasteiger partial charge is 0.273 e. The van der Waals surface area contributed by atoms with Gasteiger partial charge in [-0.25, -0.2) is 4.68 Å². The summed E-state index contributed by atoms with van der Waals surface area (Å²) < 4.78 is 7.09. The average Bonchev–Trinajstić information content (AvgIpc) is 3.21. The molecule has 1 fully saturated rings. The lowest BCUT2D eigenvalue weighted by Crippen LogP contribution is -2.19. The van der Waals surface area contributed by atoms with Crippen LogP contribution in [0.4, 0.5) is 5.82 Å². The largest absolute Gasteiger partial charge is 0.381 e. The molecule has 0 aliphatic carbocycles. The van der Waals surface area contributed by atoms with Gasteiger partial charge in [0.05, 0.1) is 12.8 Å². The minimum atomic E-state index is -0.606. The standard InChI is InChI=1S/C14H17N5O3/c15-13(20)10-1-2-11(17-10)14(21)18-12-3-5-16-19(12)7-9-4-6-22-8-9/h1-3,5,9,17H,4,6-8H2,(H2,15,20)(H,18,21). The molecule has 2 aromatic heterocycles. The highest BCUT2D eigenvalue weighted by Gasteiger charge is 2.19. The maximum absolute atomic E-state index is 12.2. The van der Waals surface area contributed by atoms with Gasteiger partial charge in [-0.1, -0.05) is 0 Å². The fourth-order valence-corrected chi connectivity index (χ4v) is 2.41. The van der Waals surface area contributed by atoms with Crippen LogP contribution >= 0.6 is 0 Å². The van der Waals surface area contributed by atoms with Crippen LogP contribution in [-0.2, 0) is 11.3 Å². The Hall–Kier alpha value is -2.61. The molecule has 8 nitrogen and oxygen atoms in total. The highest BCUT2D eigenvalue weighted by atomic mass is 16.5. The van der Waals surface area contributed by atoms with Crippen molar-refractivity contribution in [2.75, 3.05) is 18.5 Å². The van der Waals surface area contributed by atoms with Gasteiger partial charge >= 0.3 is 0 Å². The fourth-order valence-electron chi connectivity index (χ4n) is 2.41. The van der Waals surface area contributed by atoms with Gasteiger partial charge in [-0.3, -0.25) is 9.59 Å². The minimum Gasteiger partial charge on any atom is -0.381 e. The minimum absolute atomic E-state index is 0.196. The Morgan fingerprint density at radius 2 is 2.23 bits per heavy atom. The van der Waals surface area contributed by atoms with Crippen molar-refractivity contribution in [2.24, 2.45) is 11.7 Å². The molecule has 0 aromatic carbocycles. The predicted octanol–water partition coefficient (Wildman–Crippen LogP) is 0.599. The maximum Gasteiger partial charge on any atom is 0.273 e. The van der Waals surface area contributed by atoms with E-state index in [1.165, 1.54) is 12.1 Å². The van der Waals surface area contributed by atoms with E-state index in [2.05, 4.69) is 15.4 Å². The predicted molar refractivity (Wildman–Crippen MR) is 78.4 cm³/mol.